The zero-order valence-electron chi connectivity index (χ0n) is 19.4. The van der Waals surface area contributed by atoms with E-state index in [0.717, 1.165) is 37.1 Å². The van der Waals surface area contributed by atoms with Gasteiger partial charge in [0.25, 0.3) is 11.5 Å². The summed E-state index contributed by atoms with van der Waals surface area (Å²) in [6, 6.07) is 5.42. The van der Waals surface area contributed by atoms with Gasteiger partial charge in [-0.05, 0) is 44.7 Å². The molecular formula is C25H26F2N6O2. The number of H-pyrrole nitrogens is 1. The predicted molar refractivity (Wildman–Crippen MR) is 126 cm³/mol. The Balaban J connectivity index is 1.19. The molecule has 1 unspecified atom stereocenters. The number of amides is 1. The highest BCUT2D eigenvalue weighted by Crippen LogP contribution is 2.33. The van der Waals surface area contributed by atoms with Gasteiger partial charge in [-0.25, -0.2) is 18.7 Å². The van der Waals surface area contributed by atoms with Gasteiger partial charge in [0.2, 0.25) is 0 Å². The van der Waals surface area contributed by atoms with Crippen LogP contribution >= 0.6 is 0 Å². The smallest absolute Gasteiger partial charge is 0.270 e. The summed E-state index contributed by atoms with van der Waals surface area (Å²) in [7, 11) is 0. The van der Waals surface area contributed by atoms with E-state index in [1.807, 2.05) is 11.0 Å². The highest BCUT2D eigenvalue weighted by Gasteiger charge is 2.34. The van der Waals surface area contributed by atoms with Gasteiger partial charge in [0.1, 0.15) is 22.7 Å². The van der Waals surface area contributed by atoms with Crippen LogP contribution in [0, 0.1) is 18.6 Å². The molecular weight excluding hydrogens is 454 g/mol. The minimum absolute atomic E-state index is 0.0588. The number of rotatable bonds is 4. The van der Waals surface area contributed by atoms with E-state index in [2.05, 4.69) is 25.2 Å². The monoisotopic (exact) mass is 480 g/mol. The number of aromatic amines is 1. The van der Waals surface area contributed by atoms with Gasteiger partial charge in [0, 0.05) is 49.9 Å². The Labute approximate surface area is 200 Å². The Morgan fingerprint density at radius 3 is 2.83 bits per heavy atom. The molecule has 35 heavy (non-hydrogen) atoms. The third-order valence-corrected chi connectivity index (χ3v) is 7.22. The van der Waals surface area contributed by atoms with Crippen LogP contribution in [0.4, 0.5) is 14.5 Å². The second-order valence-corrected chi connectivity index (χ2v) is 9.73. The molecule has 2 aromatic heterocycles. The fourth-order valence-corrected chi connectivity index (χ4v) is 5.14. The number of aryl methyl sites for hydroxylation is 2. The third-order valence-electron chi connectivity index (χ3n) is 7.22. The third kappa shape index (κ3) is 4.05. The molecule has 0 bridgehead atoms. The summed E-state index contributed by atoms with van der Waals surface area (Å²) in [6.07, 6.45) is 3.66. The summed E-state index contributed by atoms with van der Waals surface area (Å²) < 4.78 is 30.0. The van der Waals surface area contributed by atoms with E-state index in [4.69, 9.17) is 0 Å². The van der Waals surface area contributed by atoms with Crippen molar-refractivity contribution in [2.75, 3.05) is 24.5 Å². The average Bonchev–Trinajstić information content (AvgIpc) is 3.66. The minimum atomic E-state index is -0.762. The van der Waals surface area contributed by atoms with Crippen LogP contribution in [0.5, 0.6) is 0 Å². The number of benzene rings is 1. The fraction of sp³-hybridized carbons (Fsp3) is 0.440. The number of nitrogens with zero attached hydrogens (tertiary/aromatic N) is 4. The van der Waals surface area contributed by atoms with Gasteiger partial charge in [0.05, 0.1) is 16.9 Å². The summed E-state index contributed by atoms with van der Waals surface area (Å²) in [6.45, 7) is 3.59. The molecule has 4 heterocycles. The Morgan fingerprint density at radius 1 is 1.20 bits per heavy atom. The Bertz CT molecular complexity index is 1400. The van der Waals surface area contributed by atoms with Crippen LogP contribution in [0.2, 0.25) is 0 Å². The van der Waals surface area contributed by atoms with Crippen molar-refractivity contribution in [1.82, 2.24) is 25.2 Å². The summed E-state index contributed by atoms with van der Waals surface area (Å²) in [4.78, 5) is 39.8. The maximum atomic E-state index is 15.2. The largest absolute Gasteiger partial charge is 0.364 e. The molecule has 2 aliphatic heterocycles. The Morgan fingerprint density at radius 2 is 2.03 bits per heavy atom. The van der Waals surface area contributed by atoms with Gasteiger partial charge in [-0.2, -0.15) is 0 Å². The number of carbonyl (C=O) groups is 1. The number of carbonyl (C=O) groups excluding carboxylic acids is 1. The predicted octanol–water partition coefficient (Wildman–Crippen LogP) is 2.43. The molecule has 10 heteroatoms. The summed E-state index contributed by atoms with van der Waals surface area (Å²) >= 11 is 0. The topological polar surface area (TPSA) is 94.2 Å². The number of fused-ring (bicyclic) bond motifs is 4. The van der Waals surface area contributed by atoms with Crippen LogP contribution < -0.4 is 15.8 Å². The van der Waals surface area contributed by atoms with Crippen molar-refractivity contribution in [2.45, 2.75) is 51.2 Å². The first-order valence-corrected chi connectivity index (χ1v) is 12.0. The van der Waals surface area contributed by atoms with Crippen molar-refractivity contribution in [2.24, 2.45) is 0 Å². The molecule has 1 amide bonds. The van der Waals surface area contributed by atoms with Crippen molar-refractivity contribution >= 4 is 22.6 Å². The molecule has 0 spiro atoms. The van der Waals surface area contributed by atoms with E-state index in [1.54, 1.807) is 6.07 Å². The standard InChI is InChI=1S/C25H26F2N6O2/c1-13-24(34)31-23-20(28-13)10-17(26)16(22(23)27)12-32-8-9-33-15(11-32)4-5-18-21(33)7-6-19(30-18)25(35)29-14-2-3-14/h6-7,10,14-15H,2-5,8-9,11-12H2,1H3,(H,29,35)(H,31,34). The lowest BCUT2D eigenvalue weighted by molar-refractivity contribution is 0.0945. The quantitative estimate of drug-likeness (QED) is 0.596. The zero-order chi connectivity index (χ0) is 24.3. The van der Waals surface area contributed by atoms with Gasteiger partial charge in [-0.1, -0.05) is 0 Å². The van der Waals surface area contributed by atoms with Crippen LogP contribution in [-0.2, 0) is 13.0 Å². The Kier molecular flexibility index (Phi) is 5.28. The molecule has 182 valence electrons. The van der Waals surface area contributed by atoms with Crippen molar-refractivity contribution in [3.8, 4) is 0 Å². The number of nitrogens with one attached hydrogen (secondary N) is 2. The molecule has 2 fully saturated rings. The minimum Gasteiger partial charge on any atom is -0.364 e. The molecule has 1 atom stereocenters. The van der Waals surface area contributed by atoms with Crippen LogP contribution in [0.3, 0.4) is 0 Å². The van der Waals surface area contributed by atoms with Crippen LogP contribution in [0.15, 0.2) is 23.0 Å². The second kappa shape index (κ2) is 8.37. The van der Waals surface area contributed by atoms with Gasteiger partial charge >= 0.3 is 0 Å². The second-order valence-electron chi connectivity index (χ2n) is 9.73. The van der Waals surface area contributed by atoms with E-state index >= 15 is 4.39 Å². The number of hydrogen-bond acceptors (Lipinski definition) is 6. The molecule has 6 rings (SSSR count). The van der Waals surface area contributed by atoms with Crippen molar-refractivity contribution in [3.63, 3.8) is 0 Å². The SMILES string of the molecule is Cc1nc2cc(F)c(CN3CCN4c5ccc(C(=O)NC6CC6)nc5CCC4C3)c(F)c2[nH]c1=O. The first-order valence-electron chi connectivity index (χ1n) is 12.0. The summed E-state index contributed by atoms with van der Waals surface area (Å²) in [5.41, 5.74) is 2.09. The number of pyridine rings is 1. The molecule has 1 aliphatic carbocycles. The lowest BCUT2D eigenvalue weighted by Crippen LogP contribution is -2.55. The molecule has 1 aromatic carbocycles. The molecule has 3 aliphatic rings. The maximum absolute atomic E-state index is 15.2. The van der Waals surface area contributed by atoms with Gasteiger partial charge < -0.3 is 15.2 Å². The number of halogens is 2. The fourth-order valence-electron chi connectivity index (χ4n) is 5.14. The van der Waals surface area contributed by atoms with Gasteiger partial charge in [0.15, 0.2) is 5.82 Å². The molecule has 1 saturated carbocycles. The zero-order valence-corrected chi connectivity index (χ0v) is 19.4. The van der Waals surface area contributed by atoms with Crippen molar-refractivity contribution in [3.05, 3.63) is 62.8 Å². The molecule has 3 aromatic rings. The molecule has 2 N–H and O–H groups in total. The van der Waals surface area contributed by atoms with Gasteiger partial charge in [-0.15, -0.1) is 0 Å². The highest BCUT2D eigenvalue weighted by molar-refractivity contribution is 5.93. The van der Waals surface area contributed by atoms with E-state index in [1.165, 1.54) is 13.0 Å². The van der Waals surface area contributed by atoms with E-state index in [9.17, 15) is 14.0 Å². The number of anilines is 1. The normalized spacial score (nSPS) is 20.0. The maximum Gasteiger partial charge on any atom is 0.270 e. The molecule has 0 radical (unpaired) electrons. The van der Waals surface area contributed by atoms with Crippen molar-refractivity contribution in [1.29, 1.82) is 0 Å². The van der Waals surface area contributed by atoms with Crippen molar-refractivity contribution < 1.29 is 13.6 Å². The van der Waals surface area contributed by atoms with Crippen LogP contribution in [-0.4, -0.2) is 57.5 Å². The molecule has 1 saturated heterocycles. The highest BCUT2D eigenvalue weighted by atomic mass is 19.1. The first-order chi connectivity index (χ1) is 16.9. The number of hydrogen-bond donors (Lipinski definition) is 2. The van der Waals surface area contributed by atoms with Gasteiger partial charge in [-0.3, -0.25) is 14.5 Å². The van der Waals surface area contributed by atoms with E-state index < -0.39 is 17.2 Å². The number of aromatic nitrogens is 3. The van der Waals surface area contributed by atoms with E-state index in [-0.39, 0.29) is 46.8 Å². The Hall–Kier alpha value is -3.40. The van der Waals surface area contributed by atoms with E-state index in [0.29, 0.717) is 25.3 Å². The van der Waals surface area contributed by atoms with Crippen LogP contribution in [0.25, 0.3) is 11.0 Å². The molecule has 8 nitrogen and oxygen atoms in total. The lowest BCUT2D eigenvalue weighted by atomic mass is 9.96. The average molecular weight is 481 g/mol. The number of piperazine rings is 1. The summed E-state index contributed by atoms with van der Waals surface area (Å²) in [5.74, 6) is -1.54. The summed E-state index contributed by atoms with van der Waals surface area (Å²) in [5, 5.41) is 2.98. The first kappa shape index (κ1) is 22.1. The lowest BCUT2D eigenvalue weighted by Gasteiger charge is -2.45. The van der Waals surface area contributed by atoms with Crippen LogP contribution in [0.1, 0.15) is 46.7 Å².